The predicted molar refractivity (Wildman–Crippen MR) is 148 cm³/mol. The van der Waals surface area contributed by atoms with Crippen molar-refractivity contribution >= 4 is 17.7 Å². The van der Waals surface area contributed by atoms with E-state index < -0.39 is 6.17 Å². The second-order valence-corrected chi connectivity index (χ2v) is 11.1. The average molecular weight is 550 g/mol. The number of halogens is 1. The van der Waals surface area contributed by atoms with Gasteiger partial charge in [-0.1, -0.05) is 50.5 Å². The maximum atomic E-state index is 14.4. The van der Waals surface area contributed by atoms with Crippen LogP contribution in [0.4, 0.5) is 4.39 Å². The minimum atomic E-state index is -0.419. The molecule has 0 aliphatic carbocycles. The van der Waals surface area contributed by atoms with Gasteiger partial charge in [0.25, 0.3) is 5.91 Å². The summed E-state index contributed by atoms with van der Waals surface area (Å²) < 4.78 is 28.2. The predicted octanol–water partition coefficient (Wildman–Crippen LogP) is 5.09. The molecule has 1 amide bonds. The first-order chi connectivity index (χ1) is 19.1. The first-order valence-corrected chi connectivity index (χ1v) is 14.6. The summed E-state index contributed by atoms with van der Waals surface area (Å²) in [4.78, 5) is 29.9. The van der Waals surface area contributed by atoms with Gasteiger partial charge in [-0.25, -0.2) is 4.39 Å². The van der Waals surface area contributed by atoms with E-state index in [9.17, 15) is 14.0 Å². The molecule has 3 aromatic rings. The Morgan fingerprint density at radius 2 is 1.95 bits per heavy atom. The van der Waals surface area contributed by atoms with Gasteiger partial charge in [-0.15, -0.1) is 11.8 Å². The molecular weight excluding hydrogens is 517 g/mol. The summed E-state index contributed by atoms with van der Waals surface area (Å²) in [6.07, 6.45) is 5.25. The number of morpholine rings is 1. The van der Waals surface area contributed by atoms with E-state index in [-0.39, 0.29) is 34.6 Å². The molecule has 2 aromatic carbocycles. The molecule has 1 unspecified atom stereocenters. The third-order valence-electron chi connectivity index (χ3n) is 7.66. The molecule has 9 heteroatoms. The van der Waals surface area contributed by atoms with Gasteiger partial charge >= 0.3 is 0 Å². The maximum absolute atomic E-state index is 14.4. The Kier molecular flexibility index (Phi) is 7.36. The smallest absolute Gasteiger partial charge is 0.278 e. The molecule has 39 heavy (non-hydrogen) atoms. The standard InChI is InChI=1S/C30H32FN3O4S/c1-2-3-4-7-15-38-29-24(35)12-13-33-28(29)30(36)32-14-16-37-18-26(32)34(33)27-22-11-10-21(31)17-20(22)19-39-25-9-6-5-8-23(25)27/h5-6,8-13,17,26-27H,2-4,7,14-16,18-19H2,1H3/t26-,27?/m1/s1. The number of carbonyl (C=O) groups is 1. The number of pyridine rings is 1. The highest BCUT2D eigenvalue weighted by Crippen LogP contribution is 2.44. The van der Waals surface area contributed by atoms with E-state index in [4.69, 9.17) is 9.47 Å². The number of hydrogen-bond acceptors (Lipinski definition) is 6. The Bertz CT molecular complexity index is 1440. The number of benzene rings is 2. The van der Waals surface area contributed by atoms with Crippen LogP contribution in [0.15, 0.2) is 64.4 Å². The van der Waals surface area contributed by atoms with E-state index in [0.717, 1.165) is 47.3 Å². The van der Waals surface area contributed by atoms with Gasteiger partial charge in [-0.3, -0.25) is 19.3 Å². The summed E-state index contributed by atoms with van der Waals surface area (Å²) >= 11 is 1.67. The molecule has 0 radical (unpaired) electrons. The van der Waals surface area contributed by atoms with Crippen molar-refractivity contribution in [1.29, 1.82) is 0 Å². The number of ether oxygens (including phenoxy) is 2. The molecule has 0 bridgehead atoms. The second-order valence-electron chi connectivity index (χ2n) is 10.1. The number of rotatable bonds is 7. The van der Waals surface area contributed by atoms with Crippen LogP contribution in [0.1, 0.15) is 65.8 Å². The van der Waals surface area contributed by atoms with Crippen molar-refractivity contribution < 1.29 is 18.7 Å². The molecule has 2 atom stereocenters. The monoisotopic (exact) mass is 549 g/mol. The van der Waals surface area contributed by atoms with Crippen molar-refractivity contribution in [2.45, 2.75) is 55.5 Å². The Morgan fingerprint density at radius 3 is 2.82 bits per heavy atom. The molecule has 6 rings (SSSR count). The summed E-state index contributed by atoms with van der Waals surface area (Å²) in [6.45, 7) is 3.64. The van der Waals surface area contributed by atoms with Crippen LogP contribution in [0.3, 0.4) is 0 Å². The van der Waals surface area contributed by atoms with Gasteiger partial charge in [0.05, 0.1) is 25.9 Å². The molecule has 0 N–H and O–H groups in total. The summed E-state index contributed by atoms with van der Waals surface area (Å²) in [5.41, 5.74) is 2.83. The Balaban J connectivity index is 1.53. The largest absolute Gasteiger partial charge is 0.487 e. The van der Waals surface area contributed by atoms with Crippen molar-refractivity contribution in [2.75, 3.05) is 31.4 Å². The summed E-state index contributed by atoms with van der Waals surface area (Å²) in [7, 11) is 0. The van der Waals surface area contributed by atoms with Gasteiger partial charge in [-0.05, 0) is 41.3 Å². The van der Waals surface area contributed by atoms with Crippen LogP contribution in [0.25, 0.3) is 0 Å². The van der Waals surface area contributed by atoms with Gasteiger partial charge in [-0.2, -0.15) is 0 Å². The van der Waals surface area contributed by atoms with Gasteiger partial charge in [0, 0.05) is 29.5 Å². The number of hydrogen-bond donors (Lipinski definition) is 0. The maximum Gasteiger partial charge on any atom is 0.278 e. The molecule has 3 aliphatic rings. The number of aromatic nitrogens is 1. The molecule has 1 aromatic heterocycles. The van der Waals surface area contributed by atoms with Crippen molar-refractivity contribution in [3.63, 3.8) is 0 Å². The fourth-order valence-electron chi connectivity index (χ4n) is 5.77. The highest BCUT2D eigenvalue weighted by Gasteiger charge is 2.46. The molecular formula is C30H32FN3O4S. The number of unbranched alkanes of at least 4 members (excludes halogenated alkanes) is 3. The third kappa shape index (κ3) is 4.72. The van der Waals surface area contributed by atoms with Crippen molar-refractivity contribution in [3.05, 3.63) is 93.2 Å². The van der Waals surface area contributed by atoms with Gasteiger partial charge in [0.15, 0.2) is 11.4 Å². The van der Waals surface area contributed by atoms with Crippen LogP contribution >= 0.6 is 11.8 Å². The van der Waals surface area contributed by atoms with Crippen molar-refractivity contribution in [3.8, 4) is 5.75 Å². The van der Waals surface area contributed by atoms with Crippen LogP contribution < -0.4 is 15.2 Å². The zero-order valence-electron chi connectivity index (χ0n) is 22.0. The lowest BCUT2D eigenvalue weighted by Gasteiger charge is -2.51. The lowest BCUT2D eigenvalue weighted by atomic mass is 9.93. The molecule has 3 aliphatic heterocycles. The van der Waals surface area contributed by atoms with Crippen LogP contribution in [0.2, 0.25) is 0 Å². The van der Waals surface area contributed by atoms with Crippen molar-refractivity contribution in [2.24, 2.45) is 0 Å². The fourth-order valence-corrected chi connectivity index (χ4v) is 6.86. The van der Waals surface area contributed by atoms with Gasteiger partial charge in [0.2, 0.25) is 5.43 Å². The highest BCUT2D eigenvalue weighted by atomic mass is 32.2. The fraction of sp³-hybridized carbons (Fsp3) is 0.400. The summed E-state index contributed by atoms with van der Waals surface area (Å²) in [5.74, 6) is 0.195. The zero-order valence-corrected chi connectivity index (χ0v) is 22.8. The first-order valence-electron chi connectivity index (χ1n) is 13.6. The lowest BCUT2D eigenvalue weighted by Crippen LogP contribution is -2.66. The molecule has 1 fully saturated rings. The normalized spacial score (nSPS) is 20.0. The molecule has 7 nitrogen and oxygen atoms in total. The van der Waals surface area contributed by atoms with Crippen LogP contribution in [-0.4, -0.2) is 48.0 Å². The molecule has 1 saturated heterocycles. The number of amides is 1. The molecule has 0 spiro atoms. The van der Waals surface area contributed by atoms with Crippen LogP contribution in [-0.2, 0) is 10.5 Å². The third-order valence-corrected chi connectivity index (χ3v) is 8.80. The quantitative estimate of drug-likeness (QED) is 0.383. The number of thioether (sulfide) groups is 1. The van der Waals surface area contributed by atoms with Crippen molar-refractivity contribution in [1.82, 2.24) is 9.58 Å². The number of nitrogens with zero attached hydrogens (tertiary/aromatic N) is 3. The second kappa shape index (κ2) is 11.1. The number of fused-ring (bicyclic) bond motifs is 4. The van der Waals surface area contributed by atoms with E-state index in [1.807, 2.05) is 18.2 Å². The van der Waals surface area contributed by atoms with Gasteiger partial charge in [0.1, 0.15) is 12.0 Å². The SMILES string of the molecule is CCCCCCOc1c2n(ccc1=O)N(C1c3ccc(F)cc3CSc3ccccc31)[C@@H]1COCCN1C2=O. The van der Waals surface area contributed by atoms with Crippen LogP contribution in [0, 0.1) is 5.82 Å². The average Bonchev–Trinajstić information content (AvgIpc) is 3.11. The Hall–Kier alpha value is -3.30. The lowest BCUT2D eigenvalue weighted by molar-refractivity contribution is -0.0198. The molecule has 4 heterocycles. The van der Waals surface area contributed by atoms with E-state index >= 15 is 0 Å². The van der Waals surface area contributed by atoms with E-state index in [1.54, 1.807) is 33.6 Å². The topological polar surface area (TPSA) is 64.0 Å². The molecule has 204 valence electrons. The minimum Gasteiger partial charge on any atom is -0.487 e. The zero-order chi connectivity index (χ0) is 26.9. The summed E-state index contributed by atoms with van der Waals surface area (Å²) in [6, 6.07) is 14.2. The number of carbonyl (C=O) groups excluding carboxylic acids is 1. The first kappa shape index (κ1) is 26.0. The van der Waals surface area contributed by atoms with Gasteiger partial charge < -0.3 is 14.4 Å². The Labute approximate surface area is 231 Å². The van der Waals surface area contributed by atoms with E-state index in [1.165, 1.54) is 12.1 Å². The van der Waals surface area contributed by atoms with E-state index in [0.29, 0.717) is 32.1 Å². The highest BCUT2D eigenvalue weighted by molar-refractivity contribution is 7.98. The Morgan fingerprint density at radius 1 is 1.08 bits per heavy atom. The van der Waals surface area contributed by atoms with Crippen LogP contribution in [0.5, 0.6) is 5.75 Å². The molecule has 0 saturated carbocycles. The van der Waals surface area contributed by atoms with E-state index in [2.05, 4.69) is 24.1 Å². The minimum absolute atomic E-state index is 0.0875. The summed E-state index contributed by atoms with van der Waals surface area (Å²) in [5, 5.41) is 2.11.